The van der Waals surface area contributed by atoms with E-state index in [-0.39, 0.29) is 0 Å². The van der Waals surface area contributed by atoms with Gasteiger partial charge in [0.15, 0.2) is 5.82 Å². The topological polar surface area (TPSA) is 25.8 Å². The second-order valence-electron chi connectivity index (χ2n) is 13.7. The highest BCUT2D eigenvalue weighted by Gasteiger charge is 2.17. The predicted molar refractivity (Wildman–Crippen MR) is 227 cm³/mol. The molecule has 0 bridgehead atoms. The maximum atomic E-state index is 5.09. The zero-order chi connectivity index (χ0) is 34.9. The molecular weight excluding hydrogens is 661 g/mol. The molecule has 0 spiro atoms. The van der Waals surface area contributed by atoms with Crippen LogP contribution in [0.25, 0.3) is 108 Å². The Labute approximate surface area is 310 Å². The van der Waals surface area contributed by atoms with E-state index in [0.717, 1.165) is 39.5 Å². The Kier molecular flexibility index (Phi) is 6.76. The van der Waals surface area contributed by atoms with Crippen molar-refractivity contribution >= 4 is 74.6 Å². The summed E-state index contributed by atoms with van der Waals surface area (Å²) in [5.41, 5.74) is 7.28. The second-order valence-corrected chi connectivity index (χ2v) is 14.8. The molecule has 0 radical (unpaired) electrons. The number of benzene rings is 9. The Morgan fingerprint density at radius 3 is 1.62 bits per heavy atom. The zero-order valence-corrected chi connectivity index (χ0v) is 29.4. The molecule has 11 aromatic rings. The van der Waals surface area contributed by atoms with E-state index in [1.54, 1.807) is 0 Å². The largest absolute Gasteiger partial charge is 0.228 e. The fourth-order valence-electron chi connectivity index (χ4n) is 8.15. The summed E-state index contributed by atoms with van der Waals surface area (Å²) in [4.78, 5) is 10.1. The average molecular weight is 691 g/mol. The molecule has 0 aliphatic rings. The maximum Gasteiger partial charge on any atom is 0.160 e. The van der Waals surface area contributed by atoms with Gasteiger partial charge in [-0.3, -0.25) is 0 Å². The SMILES string of the molecule is c1ccc(-c2cc(-c3cccc(-c4ccc5c(ccc6c5sc5ccc7c8ccccc8c8ccccc8c7c56)c4)c3)nc(-c3ccccc3)n2)cc1. The summed E-state index contributed by atoms with van der Waals surface area (Å²) in [7, 11) is 0. The van der Waals surface area contributed by atoms with Crippen LogP contribution in [0.2, 0.25) is 0 Å². The number of thiophene rings is 1. The van der Waals surface area contributed by atoms with Gasteiger partial charge in [-0.05, 0) is 78.5 Å². The molecule has 0 saturated heterocycles. The first kappa shape index (κ1) is 30.0. The molecule has 0 unspecified atom stereocenters. The van der Waals surface area contributed by atoms with Crippen LogP contribution in [-0.4, -0.2) is 9.97 Å². The monoisotopic (exact) mass is 690 g/mol. The minimum atomic E-state index is 0.722. The lowest BCUT2D eigenvalue weighted by atomic mass is 9.91. The molecule has 0 atom stereocenters. The van der Waals surface area contributed by atoms with Crippen molar-refractivity contribution in [3.63, 3.8) is 0 Å². The highest BCUT2D eigenvalue weighted by Crippen LogP contribution is 2.46. The van der Waals surface area contributed by atoms with Gasteiger partial charge < -0.3 is 0 Å². The van der Waals surface area contributed by atoms with E-state index < -0.39 is 0 Å². The molecule has 2 nitrogen and oxygen atoms in total. The van der Waals surface area contributed by atoms with E-state index in [9.17, 15) is 0 Å². The number of aromatic nitrogens is 2. The van der Waals surface area contributed by atoms with E-state index in [1.807, 2.05) is 35.6 Å². The molecule has 0 N–H and O–H groups in total. The van der Waals surface area contributed by atoms with Crippen LogP contribution < -0.4 is 0 Å². The highest BCUT2D eigenvalue weighted by atomic mass is 32.1. The fourth-order valence-corrected chi connectivity index (χ4v) is 9.40. The van der Waals surface area contributed by atoms with Gasteiger partial charge in [0.25, 0.3) is 0 Å². The van der Waals surface area contributed by atoms with Crippen molar-refractivity contribution in [2.75, 3.05) is 0 Å². The molecule has 0 aliphatic heterocycles. The van der Waals surface area contributed by atoms with Crippen LogP contribution in [0, 0.1) is 0 Å². The molecular formula is C50H30N2S. The van der Waals surface area contributed by atoms with Gasteiger partial charge in [-0.1, -0.05) is 158 Å². The van der Waals surface area contributed by atoms with Crippen molar-refractivity contribution in [1.82, 2.24) is 9.97 Å². The Morgan fingerprint density at radius 1 is 0.321 bits per heavy atom. The summed E-state index contributed by atoms with van der Waals surface area (Å²) in [5.74, 6) is 0.722. The number of fused-ring (bicyclic) bond motifs is 12. The Hall–Kier alpha value is -6.68. The molecule has 3 heteroatoms. The lowest BCUT2D eigenvalue weighted by Gasteiger charge is -2.12. The Morgan fingerprint density at radius 2 is 0.868 bits per heavy atom. The molecule has 0 aliphatic carbocycles. The predicted octanol–water partition coefficient (Wildman–Crippen LogP) is 14.1. The Balaban J connectivity index is 1.05. The molecule has 11 rings (SSSR count). The lowest BCUT2D eigenvalue weighted by Crippen LogP contribution is -1.96. The van der Waals surface area contributed by atoms with E-state index in [2.05, 4.69) is 158 Å². The maximum absolute atomic E-state index is 5.09. The standard InChI is InChI=1S/C50H30N2S/c1-3-12-31(13-4-1)44-30-45(52-50(51-44)32-14-5-2-6-15-32)36-17-11-16-33(29-36)34-22-24-37-35(28-34)23-25-43-48-46(53-49(37)43)27-26-42-40-20-8-7-18-38(40)39-19-9-10-21-41(39)47(42)48/h1-30H. The molecule has 53 heavy (non-hydrogen) atoms. The molecule has 2 heterocycles. The summed E-state index contributed by atoms with van der Waals surface area (Å²) in [6, 6.07) is 65.4. The summed E-state index contributed by atoms with van der Waals surface area (Å²) < 4.78 is 2.66. The van der Waals surface area contributed by atoms with Crippen LogP contribution in [0.4, 0.5) is 0 Å². The highest BCUT2D eigenvalue weighted by molar-refractivity contribution is 7.27. The zero-order valence-electron chi connectivity index (χ0n) is 28.6. The van der Waals surface area contributed by atoms with Crippen molar-refractivity contribution < 1.29 is 0 Å². The van der Waals surface area contributed by atoms with Gasteiger partial charge in [-0.2, -0.15) is 0 Å². The van der Waals surface area contributed by atoms with Crippen molar-refractivity contribution in [3.05, 3.63) is 182 Å². The van der Waals surface area contributed by atoms with Crippen molar-refractivity contribution in [1.29, 1.82) is 0 Å². The van der Waals surface area contributed by atoms with E-state index in [0.29, 0.717) is 0 Å². The average Bonchev–Trinajstić information content (AvgIpc) is 3.63. The summed E-state index contributed by atoms with van der Waals surface area (Å²) >= 11 is 1.91. The van der Waals surface area contributed by atoms with E-state index >= 15 is 0 Å². The van der Waals surface area contributed by atoms with Gasteiger partial charge in [0.2, 0.25) is 0 Å². The smallest absolute Gasteiger partial charge is 0.160 e. The third-order valence-corrected chi connectivity index (χ3v) is 11.8. The van der Waals surface area contributed by atoms with Crippen LogP contribution in [0.3, 0.4) is 0 Å². The van der Waals surface area contributed by atoms with Gasteiger partial charge in [0.05, 0.1) is 11.4 Å². The first-order chi connectivity index (χ1) is 26.3. The van der Waals surface area contributed by atoms with E-state index in [4.69, 9.17) is 9.97 Å². The van der Waals surface area contributed by atoms with E-state index in [1.165, 1.54) is 68.8 Å². The number of hydrogen-bond donors (Lipinski definition) is 0. The first-order valence-corrected chi connectivity index (χ1v) is 18.8. The van der Waals surface area contributed by atoms with Gasteiger partial charge in [0, 0.05) is 36.9 Å². The third kappa shape index (κ3) is 4.86. The fraction of sp³-hybridized carbons (Fsp3) is 0. The molecule has 0 fully saturated rings. The van der Waals surface area contributed by atoms with Crippen LogP contribution in [0.5, 0.6) is 0 Å². The lowest BCUT2D eigenvalue weighted by molar-refractivity contribution is 1.18. The van der Waals surface area contributed by atoms with Gasteiger partial charge >= 0.3 is 0 Å². The van der Waals surface area contributed by atoms with Gasteiger partial charge in [-0.25, -0.2) is 9.97 Å². The van der Waals surface area contributed by atoms with Crippen LogP contribution in [0.1, 0.15) is 0 Å². The minimum Gasteiger partial charge on any atom is -0.228 e. The number of nitrogens with zero attached hydrogens (tertiary/aromatic N) is 2. The van der Waals surface area contributed by atoms with Crippen molar-refractivity contribution in [2.24, 2.45) is 0 Å². The summed E-state index contributed by atoms with van der Waals surface area (Å²) in [6.45, 7) is 0. The second kappa shape index (κ2) is 11.9. The molecule has 0 saturated carbocycles. The minimum absolute atomic E-state index is 0.722. The first-order valence-electron chi connectivity index (χ1n) is 18.0. The van der Waals surface area contributed by atoms with Crippen LogP contribution in [0.15, 0.2) is 182 Å². The van der Waals surface area contributed by atoms with Crippen molar-refractivity contribution in [2.45, 2.75) is 0 Å². The Bertz CT molecular complexity index is 3120. The molecule has 246 valence electrons. The summed E-state index contributed by atoms with van der Waals surface area (Å²) in [5, 5.41) is 13.1. The van der Waals surface area contributed by atoms with Crippen LogP contribution in [-0.2, 0) is 0 Å². The number of rotatable bonds is 4. The summed E-state index contributed by atoms with van der Waals surface area (Å²) in [6.07, 6.45) is 0. The van der Waals surface area contributed by atoms with Gasteiger partial charge in [-0.15, -0.1) is 11.3 Å². The van der Waals surface area contributed by atoms with Crippen molar-refractivity contribution in [3.8, 4) is 45.0 Å². The molecule has 0 amide bonds. The molecule has 2 aromatic heterocycles. The quantitative estimate of drug-likeness (QED) is 0.172. The third-order valence-electron chi connectivity index (χ3n) is 10.6. The molecule has 9 aromatic carbocycles. The van der Waals surface area contributed by atoms with Gasteiger partial charge in [0.1, 0.15) is 0 Å². The number of hydrogen-bond acceptors (Lipinski definition) is 3. The normalized spacial score (nSPS) is 11.8. The van der Waals surface area contributed by atoms with Crippen LogP contribution >= 0.6 is 11.3 Å².